The van der Waals surface area contributed by atoms with E-state index in [0.717, 1.165) is 0 Å². The number of piperazine rings is 1. The Kier molecular flexibility index (Phi) is 5.54. The van der Waals surface area contributed by atoms with Crippen molar-refractivity contribution in [3.8, 4) is 6.07 Å². The Hall–Kier alpha value is -2.70. The lowest BCUT2D eigenvalue weighted by Crippen LogP contribution is -2.50. The van der Waals surface area contributed by atoms with E-state index in [9.17, 15) is 13.2 Å². The van der Waals surface area contributed by atoms with Crippen LogP contribution in [0.5, 0.6) is 0 Å². The van der Waals surface area contributed by atoms with Gasteiger partial charge in [-0.2, -0.15) is 14.7 Å². The first kappa shape index (κ1) is 20.0. The number of nitrogens with zero attached hydrogens (tertiary/aromatic N) is 5. The zero-order valence-corrected chi connectivity index (χ0v) is 17.0. The van der Waals surface area contributed by atoms with Gasteiger partial charge in [-0.3, -0.25) is 9.48 Å². The molecule has 0 aliphatic carbocycles. The number of carbonyl (C=O) groups is 1. The molecule has 1 aliphatic rings. The van der Waals surface area contributed by atoms with Crippen LogP contribution in [-0.2, 0) is 16.6 Å². The maximum Gasteiger partial charge on any atom is 0.253 e. The number of benzene rings is 1. The molecule has 0 N–H and O–H groups in total. The molecule has 0 bridgehead atoms. The first-order valence-electron chi connectivity index (χ1n) is 9.13. The SMILES string of the molecule is CCn1nc(C)c(S(=O)(=O)N2CCN(C(=O)c3ccc(C#N)cc3)CC2)c1C. The highest BCUT2D eigenvalue weighted by Gasteiger charge is 2.34. The second kappa shape index (κ2) is 7.73. The van der Waals surface area contributed by atoms with Crippen molar-refractivity contribution in [2.75, 3.05) is 26.2 Å². The van der Waals surface area contributed by atoms with E-state index in [-0.39, 0.29) is 23.9 Å². The van der Waals surface area contributed by atoms with Gasteiger partial charge in [0.1, 0.15) is 4.90 Å². The van der Waals surface area contributed by atoms with E-state index < -0.39 is 10.0 Å². The predicted octanol–water partition coefficient (Wildman–Crippen LogP) is 1.54. The fourth-order valence-corrected chi connectivity index (χ4v) is 5.29. The molecule has 148 valence electrons. The van der Waals surface area contributed by atoms with Crippen LogP contribution in [0.15, 0.2) is 29.2 Å². The number of sulfonamides is 1. The third-order valence-electron chi connectivity index (χ3n) is 5.00. The van der Waals surface area contributed by atoms with Crippen LogP contribution >= 0.6 is 0 Å². The van der Waals surface area contributed by atoms with E-state index in [1.54, 1.807) is 47.7 Å². The van der Waals surface area contributed by atoms with Crippen molar-refractivity contribution in [2.24, 2.45) is 0 Å². The molecular formula is C19H23N5O3S. The lowest BCUT2D eigenvalue weighted by molar-refractivity contribution is 0.0698. The molecule has 9 heteroatoms. The number of hydrogen-bond acceptors (Lipinski definition) is 5. The highest BCUT2D eigenvalue weighted by molar-refractivity contribution is 7.89. The summed E-state index contributed by atoms with van der Waals surface area (Å²) in [5.41, 5.74) is 2.11. The fraction of sp³-hybridized carbons (Fsp3) is 0.421. The van der Waals surface area contributed by atoms with Gasteiger partial charge in [-0.1, -0.05) is 0 Å². The minimum Gasteiger partial charge on any atom is -0.336 e. The van der Waals surface area contributed by atoms with Crippen LogP contribution in [0.1, 0.15) is 34.2 Å². The molecule has 1 fully saturated rings. The molecule has 28 heavy (non-hydrogen) atoms. The molecular weight excluding hydrogens is 378 g/mol. The smallest absolute Gasteiger partial charge is 0.253 e. The number of amides is 1. The van der Waals surface area contributed by atoms with Crippen molar-refractivity contribution >= 4 is 15.9 Å². The number of carbonyl (C=O) groups excluding carboxylic acids is 1. The van der Waals surface area contributed by atoms with Crippen molar-refractivity contribution < 1.29 is 13.2 Å². The van der Waals surface area contributed by atoms with Crippen LogP contribution in [0.4, 0.5) is 0 Å². The van der Waals surface area contributed by atoms with Gasteiger partial charge in [-0.05, 0) is 45.0 Å². The Morgan fingerprint density at radius 1 is 1.14 bits per heavy atom. The third-order valence-corrected chi connectivity index (χ3v) is 7.15. The first-order valence-corrected chi connectivity index (χ1v) is 10.6. The average Bonchev–Trinajstić information content (AvgIpc) is 3.01. The van der Waals surface area contributed by atoms with Crippen molar-refractivity contribution in [3.63, 3.8) is 0 Å². The molecule has 3 rings (SSSR count). The Labute approximate surface area is 165 Å². The van der Waals surface area contributed by atoms with E-state index >= 15 is 0 Å². The van der Waals surface area contributed by atoms with E-state index in [0.29, 0.717) is 42.1 Å². The number of nitriles is 1. The van der Waals surface area contributed by atoms with Crippen LogP contribution < -0.4 is 0 Å². The minimum atomic E-state index is -3.66. The maximum atomic E-state index is 13.1. The van der Waals surface area contributed by atoms with E-state index in [4.69, 9.17) is 5.26 Å². The van der Waals surface area contributed by atoms with Gasteiger partial charge in [0, 0.05) is 38.3 Å². The monoisotopic (exact) mass is 401 g/mol. The van der Waals surface area contributed by atoms with Crippen molar-refractivity contribution in [3.05, 3.63) is 46.8 Å². The van der Waals surface area contributed by atoms with E-state index in [2.05, 4.69) is 5.10 Å². The van der Waals surface area contributed by atoms with Crippen molar-refractivity contribution in [1.82, 2.24) is 19.0 Å². The summed E-state index contributed by atoms with van der Waals surface area (Å²) < 4.78 is 29.3. The van der Waals surface area contributed by atoms with Gasteiger partial charge in [-0.15, -0.1) is 0 Å². The van der Waals surface area contributed by atoms with E-state index in [1.807, 2.05) is 13.0 Å². The normalized spacial score (nSPS) is 15.4. The summed E-state index contributed by atoms with van der Waals surface area (Å²) in [4.78, 5) is 14.5. The minimum absolute atomic E-state index is 0.160. The molecule has 1 aliphatic heterocycles. The van der Waals surface area contributed by atoms with Gasteiger partial charge >= 0.3 is 0 Å². The van der Waals surface area contributed by atoms with Crippen LogP contribution in [0.25, 0.3) is 0 Å². The lowest BCUT2D eigenvalue weighted by Gasteiger charge is -2.34. The molecule has 2 heterocycles. The van der Waals surface area contributed by atoms with Gasteiger partial charge in [0.15, 0.2) is 0 Å². The molecule has 0 unspecified atom stereocenters. The molecule has 0 spiro atoms. The Morgan fingerprint density at radius 3 is 2.25 bits per heavy atom. The molecule has 0 saturated carbocycles. The molecule has 1 aromatic heterocycles. The summed E-state index contributed by atoms with van der Waals surface area (Å²) >= 11 is 0. The molecule has 2 aromatic rings. The zero-order chi connectivity index (χ0) is 20.5. The summed E-state index contributed by atoms with van der Waals surface area (Å²) in [6.07, 6.45) is 0. The fourth-order valence-electron chi connectivity index (χ4n) is 3.49. The zero-order valence-electron chi connectivity index (χ0n) is 16.2. The van der Waals surface area contributed by atoms with Gasteiger partial charge in [0.2, 0.25) is 10.0 Å². The predicted molar refractivity (Wildman–Crippen MR) is 103 cm³/mol. The lowest BCUT2D eigenvalue weighted by atomic mass is 10.1. The van der Waals surface area contributed by atoms with Gasteiger partial charge in [0.05, 0.1) is 23.0 Å². The Morgan fingerprint density at radius 2 is 1.75 bits per heavy atom. The molecule has 1 amide bonds. The summed E-state index contributed by atoms with van der Waals surface area (Å²) in [6.45, 7) is 7.10. The molecule has 0 radical (unpaired) electrons. The summed E-state index contributed by atoms with van der Waals surface area (Å²) in [5.74, 6) is -0.160. The van der Waals surface area contributed by atoms with Crippen LogP contribution in [0.2, 0.25) is 0 Å². The number of rotatable bonds is 4. The standard InChI is InChI=1S/C19H23N5O3S/c1-4-24-15(3)18(14(2)21-24)28(26,27)23-11-9-22(10-12-23)19(25)17-7-5-16(13-20)6-8-17/h5-8H,4,9-12H2,1-3H3. The Bertz CT molecular complexity index is 1030. The maximum absolute atomic E-state index is 13.1. The summed E-state index contributed by atoms with van der Waals surface area (Å²) in [5, 5.41) is 13.2. The van der Waals surface area contributed by atoms with Crippen LogP contribution in [-0.4, -0.2) is 59.5 Å². The molecule has 0 atom stereocenters. The number of hydrogen-bond donors (Lipinski definition) is 0. The summed E-state index contributed by atoms with van der Waals surface area (Å²) in [7, 11) is -3.66. The topological polar surface area (TPSA) is 99.3 Å². The van der Waals surface area contributed by atoms with E-state index in [1.165, 1.54) is 4.31 Å². The number of aryl methyl sites for hydroxylation is 2. The summed E-state index contributed by atoms with van der Waals surface area (Å²) in [6, 6.07) is 8.47. The third kappa shape index (κ3) is 3.53. The second-order valence-electron chi connectivity index (χ2n) is 6.70. The van der Waals surface area contributed by atoms with Gasteiger partial charge in [0.25, 0.3) is 5.91 Å². The average molecular weight is 401 g/mol. The van der Waals surface area contributed by atoms with Crippen LogP contribution in [0, 0.1) is 25.2 Å². The van der Waals surface area contributed by atoms with Crippen LogP contribution in [0.3, 0.4) is 0 Å². The first-order chi connectivity index (χ1) is 13.3. The number of aromatic nitrogens is 2. The van der Waals surface area contributed by atoms with Crippen molar-refractivity contribution in [2.45, 2.75) is 32.2 Å². The molecule has 1 saturated heterocycles. The van der Waals surface area contributed by atoms with Gasteiger partial charge < -0.3 is 4.90 Å². The quantitative estimate of drug-likeness (QED) is 0.774. The second-order valence-corrected chi connectivity index (χ2v) is 8.58. The Balaban J connectivity index is 1.73. The molecule has 8 nitrogen and oxygen atoms in total. The largest absolute Gasteiger partial charge is 0.336 e. The highest BCUT2D eigenvalue weighted by Crippen LogP contribution is 2.24. The van der Waals surface area contributed by atoms with Crippen molar-refractivity contribution in [1.29, 1.82) is 5.26 Å². The highest BCUT2D eigenvalue weighted by atomic mass is 32.2. The molecule has 1 aromatic carbocycles. The van der Waals surface area contributed by atoms with Gasteiger partial charge in [-0.25, -0.2) is 8.42 Å².